The van der Waals surface area contributed by atoms with E-state index < -0.39 is 11.8 Å². The molecule has 1 aliphatic heterocycles. The molecule has 0 bridgehead atoms. The number of piperidine rings is 1. The molecule has 142 valence electrons. The first-order chi connectivity index (χ1) is 13.1. The van der Waals surface area contributed by atoms with Crippen LogP contribution in [0.15, 0.2) is 48.5 Å². The second-order valence-electron chi connectivity index (χ2n) is 7.06. The highest BCUT2D eigenvalue weighted by Crippen LogP contribution is 2.16. The Morgan fingerprint density at radius 1 is 0.889 bits per heavy atom. The largest absolute Gasteiger partial charge is 0.344 e. The number of likely N-dealkylation sites (tertiary alicyclic amines) is 1. The third-order valence-electron chi connectivity index (χ3n) is 5.00. The van der Waals surface area contributed by atoms with Gasteiger partial charge in [-0.1, -0.05) is 48.9 Å². The number of benzene rings is 2. The topological polar surface area (TPSA) is 61.4 Å². The third kappa shape index (κ3) is 5.41. The van der Waals surface area contributed by atoms with Crippen LogP contribution in [0.2, 0.25) is 0 Å². The molecule has 2 amide bonds. The lowest BCUT2D eigenvalue weighted by molar-refractivity contribution is -0.136. The highest BCUT2D eigenvalue weighted by Gasteiger charge is 2.16. The van der Waals surface area contributed by atoms with Crippen molar-refractivity contribution in [2.24, 2.45) is 0 Å². The number of hydrogen-bond acceptors (Lipinski definition) is 3. The van der Waals surface area contributed by atoms with Crippen molar-refractivity contribution in [3.05, 3.63) is 65.2 Å². The highest BCUT2D eigenvalue weighted by molar-refractivity contribution is 6.39. The van der Waals surface area contributed by atoms with Crippen LogP contribution in [0.5, 0.6) is 0 Å². The van der Waals surface area contributed by atoms with E-state index in [4.69, 9.17) is 0 Å². The van der Waals surface area contributed by atoms with Crippen molar-refractivity contribution in [3.8, 4) is 0 Å². The molecule has 1 saturated heterocycles. The number of hydrogen-bond donors (Lipinski definition) is 2. The minimum absolute atomic E-state index is 0.351. The molecule has 0 aromatic heterocycles. The van der Waals surface area contributed by atoms with Crippen molar-refractivity contribution in [2.75, 3.05) is 18.4 Å². The summed E-state index contributed by atoms with van der Waals surface area (Å²) in [5.74, 6) is -1.26. The lowest BCUT2D eigenvalue weighted by Gasteiger charge is -2.27. The fourth-order valence-electron chi connectivity index (χ4n) is 3.39. The van der Waals surface area contributed by atoms with Crippen LogP contribution >= 0.6 is 0 Å². The normalized spacial score (nSPS) is 14.6. The number of rotatable bonds is 5. The standard InChI is InChI=1S/C22H27N3O2/c1-17-9-3-6-12-20(17)24-22(27)21(26)23-15-18-10-4-5-11-19(18)16-25-13-7-2-8-14-25/h3-6,9-12H,2,7-8,13-16H2,1H3,(H,23,26)(H,24,27). The monoisotopic (exact) mass is 365 g/mol. The molecule has 2 aromatic rings. The molecule has 2 aromatic carbocycles. The van der Waals surface area contributed by atoms with E-state index in [1.165, 1.54) is 24.8 Å². The number of amides is 2. The number of anilines is 1. The molecule has 0 radical (unpaired) electrons. The SMILES string of the molecule is Cc1ccccc1NC(=O)C(=O)NCc1ccccc1CN1CCCCC1. The van der Waals surface area contributed by atoms with Crippen molar-refractivity contribution < 1.29 is 9.59 Å². The summed E-state index contributed by atoms with van der Waals surface area (Å²) in [5, 5.41) is 5.41. The van der Waals surface area contributed by atoms with Crippen molar-refractivity contribution in [2.45, 2.75) is 39.3 Å². The number of carbonyl (C=O) groups is 2. The van der Waals surface area contributed by atoms with E-state index in [0.29, 0.717) is 12.2 Å². The van der Waals surface area contributed by atoms with Crippen molar-refractivity contribution in [3.63, 3.8) is 0 Å². The number of nitrogens with one attached hydrogen (secondary N) is 2. The van der Waals surface area contributed by atoms with Crippen LogP contribution in [0.3, 0.4) is 0 Å². The minimum atomic E-state index is -0.641. The molecular formula is C22H27N3O2. The van der Waals surface area contributed by atoms with Gasteiger partial charge in [0.2, 0.25) is 0 Å². The zero-order valence-corrected chi connectivity index (χ0v) is 15.8. The molecule has 0 aliphatic carbocycles. The van der Waals surface area contributed by atoms with E-state index >= 15 is 0 Å². The van der Waals surface area contributed by atoms with Gasteiger partial charge in [-0.15, -0.1) is 0 Å². The van der Waals surface area contributed by atoms with Crippen LogP contribution in [0.1, 0.15) is 36.0 Å². The molecule has 27 heavy (non-hydrogen) atoms. The van der Waals surface area contributed by atoms with Crippen LogP contribution in [0, 0.1) is 6.92 Å². The molecule has 1 aliphatic rings. The summed E-state index contributed by atoms with van der Waals surface area (Å²) in [6.45, 7) is 5.38. The first kappa shape index (κ1) is 19.1. The van der Waals surface area contributed by atoms with Crippen molar-refractivity contribution in [1.82, 2.24) is 10.2 Å². The maximum Gasteiger partial charge on any atom is 0.313 e. The minimum Gasteiger partial charge on any atom is -0.344 e. The van der Waals surface area contributed by atoms with E-state index in [2.05, 4.69) is 21.6 Å². The molecule has 1 fully saturated rings. The average molecular weight is 365 g/mol. The summed E-state index contributed by atoms with van der Waals surface area (Å²) in [6, 6.07) is 15.5. The number of para-hydroxylation sites is 1. The maximum absolute atomic E-state index is 12.2. The van der Waals surface area contributed by atoms with Gasteiger partial charge in [-0.2, -0.15) is 0 Å². The molecule has 5 heteroatoms. The Morgan fingerprint density at radius 3 is 2.30 bits per heavy atom. The predicted octanol–water partition coefficient (Wildman–Crippen LogP) is 3.24. The Hall–Kier alpha value is -2.66. The van der Waals surface area contributed by atoms with E-state index in [0.717, 1.165) is 30.8 Å². The Labute approximate surface area is 160 Å². The molecular weight excluding hydrogens is 338 g/mol. The van der Waals surface area contributed by atoms with Crippen molar-refractivity contribution >= 4 is 17.5 Å². The molecule has 5 nitrogen and oxygen atoms in total. The maximum atomic E-state index is 12.2. The third-order valence-corrected chi connectivity index (χ3v) is 5.00. The van der Waals surface area contributed by atoms with Crippen molar-refractivity contribution in [1.29, 1.82) is 0 Å². The Kier molecular flexibility index (Phi) is 6.60. The summed E-state index contributed by atoms with van der Waals surface area (Å²) < 4.78 is 0. The van der Waals surface area contributed by atoms with Gasteiger partial charge in [0.05, 0.1) is 0 Å². The van der Waals surface area contributed by atoms with Gasteiger partial charge in [0.1, 0.15) is 0 Å². The summed E-state index contributed by atoms with van der Waals surface area (Å²) in [4.78, 5) is 26.8. The van der Waals surface area contributed by atoms with Crippen LogP contribution in [0.4, 0.5) is 5.69 Å². The van der Waals surface area contributed by atoms with Gasteiger partial charge >= 0.3 is 11.8 Å². The predicted molar refractivity (Wildman–Crippen MR) is 107 cm³/mol. The van der Waals surface area contributed by atoms with E-state index in [9.17, 15) is 9.59 Å². The Morgan fingerprint density at radius 2 is 1.56 bits per heavy atom. The molecule has 3 rings (SSSR count). The summed E-state index contributed by atoms with van der Waals surface area (Å²) in [5.41, 5.74) is 3.84. The second-order valence-corrected chi connectivity index (χ2v) is 7.06. The first-order valence-corrected chi connectivity index (χ1v) is 9.57. The fraction of sp³-hybridized carbons (Fsp3) is 0.364. The lowest BCUT2D eigenvalue weighted by Crippen LogP contribution is -2.35. The van der Waals surface area contributed by atoms with Crippen LogP contribution in [-0.4, -0.2) is 29.8 Å². The van der Waals surface area contributed by atoms with E-state index in [1.807, 2.05) is 43.3 Å². The van der Waals surface area contributed by atoms with Gasteiger partial charge in [-0.25, -0.2) is 0 Å². The highest BCUT2D eigenvalue weighted by atomic mass is 16.2. The zero-order chi connectivity index (χ0) is 19.1. The quantitative estimate of drug-likeness (QED) is 0.800. The molecule has 0 unspecified atom stereocenters. The zero-order valence-electron chi connectivity index (χ0n) is 15.8. The van der Waals surface area contributed by atoms with Gasteiger partial charge in [0, 0.05) is 18.8 Å². The summed E-state index contributed by atoms with van der Waals surface area (Å²) >= 11 is 0. The van der Waals surface area contributed by atoms with Crippen LogP contribution in [0.25, 0.3) is 0 Å². The average Bonchev–Trinajstić information content (AvgIpc) is 2.69. The van der Waals surface area contributed by atoms with Gasteiger partial charge in [-0.05, 0) is 55.6 Å². The van der Waals surface area contributed by atoms with Gasteiger partial charge < -0.3 is 10.6 Å². The first-order valence-electron chi connectivity index (χ1n) is 9.57. The van der Waals surface area contributed by atoms with Gasteiger partial charge in [-0.3, -0.25) is 14.5 Å². The fourth-order valence-corrected chi connectivity index (χ4v) is 3.39. The number of aryl methyl sites for hydroxylation is 1. The summed E-state index contributed by atoms with van der Waals surface area (Å²) in [6.07, 6.45) is 3.81. The van der Waals surface area contributed by atoms with Crippen LogP contribution < -0.4 is 10.6 Å². The van der Waals surface area contributed by atoms with E-state index in [1.54, 1.807) is 6.07 Å². The Balaban J connectivity index is 1.57. The van der Waals surface area contributed by atoms with Gasteiger partial charge in [0.25, 0.3) is 0 Å². The molecule has 0 spiro atoms. The van der Waals surface area contributed by atoms with E-state index in [-0.39, 0.29) is 0 Å². The number of carbonyl (C=O) groups excluding carboxylic acids is 2. The van der Waals surface area contributed by atoms with Crippen LogP contribution in [-0.2, 0) is 22.7 Å². The molecule has 0 saturated carbocycles. The Bertz CT molecular complexity index is 798. The molecule has 1 heterocycles. The number of nitrogens with zero attached hydrogens (tertiary/aromatic N) is 1. The summed E-state index contributed by atoms with van der Waals surface area (Å²) in [7, 11) is 0. The second kappa shape index (κ2) is 9.33. The van der Waals surface area contributed by atoms with Gasteiger partial charge in [0.15, 0.2) is 0 Å². The molecule has 2 N–H and O–H groups in total. The smallest absolute Gasteiger partial charge is 0.313 e. The molecule has 0 atom stereocenters. The lowest BCUT2D eigenvalue weighted by atomic mass is 10.0.